The van der Waals surface area contributed by atoms with E-state index in [4.69, 9.17) is 9.47 Å². The molecule has 11 heteroatoms. The number of hydrogen-bond donors (Lipinski definition) is 4. The number of rotatable bonds is 16. The van der Waals surface area contributed by atoms with Gasteiger partial charge in [0, 0.05) is 31.3 Å². The number of amides is 2. The van der Waals surface area contributed by atoms with Crippen molar-refractivity contribution < 1.29 is 34.4 Å². The molecule has 266 valence electrons. The minimum absolute atomic E-state index is 0.0786. The summed E-state index contributed by atoms with van der Waals surface area (Å²) < 4.78 is 11.1. The van der Waals surface area contributed by atoms with Crippen LogP contribution in [0.15, 0.2) is 29.1 Å². The van der Waals surface area contributed by atoms with Crippen LogP contribution in [0.25, 0.3) is 0 Å². The molecule has 2 aliphatic carbocycles. The van der Waals surface area contributed by atoms with Gasteiger partial charge in [0.05, 0.1) is 34.9 Å². The van der Waals surface area contributed by atoms with E-state index in [1.165, 1.54) is 17.8 Å². The smallest absolute Gasteiger partial charge is 0.231 e. The molecule has 1 aromatic heterocycles. The first kappa shape index (κ1) is 36.5. The lowest BCUT2D eigenvalue weighted by atomic mass is 9.82. The quantitative estimate of drug-likeness (QED) is 0.185. The van der Waals surface area contributed by atoms with Crippen LogP contribution in [0.2, 0.25) is 0 Å². The molecule has 2 amide bonds. The van der Waals surface area contributed by atoms with Crippen molar-refractivity contribution in [2.45, 2.75) is 134 Å². The highest BCUT2D eigenvalue weighted by atomic mass is 32.1. The summed E-state index contributed by atoms with van der Waals surface area (Å²) in [4.78, 5) is 34.6. The second-order valence-electron chi connectivity index (χ2n) is 14.8. The summed E-state index contributed by atoms with van der Waals surface area (Å²) in [6.45, 7) is 4.58. The number of nitrogens with one attached hydrogen (secondary N) is 1. The van der Waals surface area contributed by atoms with E-state index in [0.717, 1.165) is 56.2 Å². The Morgan fingerprint density at radius 1 is 1.06 bits per heavy atom. The topological polar surface area (TPSA) is 141 Å². The highest BCUT2D eigenvalue weighted by molar-refractivity contribution is 7.07. The fraction of sp³-hybridized carbons (Fsp3) is 0.703. The van der Waals surface area contributed by atoms with Crippen LogP contribution in [-0.2, 0) is 22.6 Å². The highest BCUT2D eigenvalue weighted by Crippen LogP contribution is 2.35. The Morgan fingerprint density at radius 2 is 1.79 bits per heavy atom. The summed E-state index contributed by atoms with van der Waals surface area (Å²) in [7, 11) is 0. The normalized spacial score (nSPS) is 20.2. The molecular weight excluding hydrogens is 630 g/mol. The Kier molecular flexibility index (Phi) is 13.2. The van der Waals surface area contributed by atoms with E-state index in [0.29, 0.717) is 43.1 Å². The first-order valence-electron chi connectivity index (χ1n) is 18.0. The number of aliphatic hydroxyl groups excluding tert-OH is 2. The highest BCUT2D eigenvalue weighted by Gasteiger charge is 2.37. The molecule has 2 aromatic rings. The van der Waals surface area contributed by atoms with Crippen molar-refractivity contribution in [2.75, 3.05) is 13.3 Å². The van der Waals surface area contributed by atoms with Gasteiger partial charge in [-0.2, -0.15) is 0 Å². The molecule has 0 radical (unpaired) electrons. The molecule has 3 aliphatic rings. The zero-order valence-electron chi connectivity index (χ0n) is 28.6. The summed E-state index contributed by atoms with van der Waals surface area (Å²) in [6.07, 6.45) is 8.78. The van der Waals surface area contributed by atoms with Crippen molar-refractivity contribution in [3.8, 4) is 11.5 Å². The number of hydrogen-bond acceptors (Lipinski definition) is 9. The molecule has 0 unspecified atom stereocenters. The minimum atomic E-state index is -1.11. The second-order valence-corrected chi connectivity index (χ2v) is 15.6. The van der Waals surface area contributed by atoms with Crippen LogP contribution < -0.4 is 14.8 Å². The Balaban J connectivity index is 1.36. The molecule has 2 heterocycles. The zero-order valence-corrected chi connectivity index (χ0v) is 29.5. The standard InChI is InChI=1S/C37H55N3O7S/c1-25(2)15-31(41)35(43)30(16-26-9-5-3-6-10-26)39-36(44)28(18-29-21-48-23-38-29)19-34(42)40(22-37(45)13-7-4-8-14-37)20-27-11-12-32-33(17-27)47-24-46-32/h11-12,17,21,23,25-26,28,30-31,35,41,43,45H,3-10,13-16,18-20,22,24H2,1-2H3,(H,39,44)/t28-,30+,31+,35-/m1/s1. The first-order valence-corrected chi connectivity index (χ1v) is 18.9. The fourth-order valence-corrected chi connectivity index (χ4v) is 8.23. The molecule has 0 bridgehead atoms. The van der Waals surface area contributed by atoms with E-state index in [2.05, 4.69) is 10.3 Å². The van der Waals surface area contributed by atoms with Crippen molar-refractivity contribution in [1.29, 1.82) is 0 Å². The number of aromatic nitrogens is 1. The Labute approximate surface area is 289 Å². The SMILES string of the molecule is CC(C)C[C@H](O)[C@H](O)[C@H](CC1CCCCC1)NC(=O)[C@@H](CC(=O)N(Cc1ccc2c(c1)OCO2)CC1(O)CCCCC1)Cc1cscn1. The monoisotopic (exact) mass is 685 g/mol. The fourth-order valence-electron chi connectivity index (χ4n) is 7.66. The molecule has 1 aromatic carbocycles. The van der Waals surface area contributed by atoms with E-state index in [1.807, 2.05) is 37.4 Å². The molecular formula is C37H55N3O7S. The van der Waals surface area contributed by atoms with Gasteiger partial charge in [-0.1, -0.05) is 71.3 Å². The van der Waals surface area contributed by atoms with Gasteiger partial charge in [-0.05, 0) is 55.2 Å². The predicted molar refractivity (Wildman–Crippen MR) is 185 cm³/mol. The molecule has 0 spiro atoms. The van der Waals surface area contributed by atoms with E-state index < -0.39 is 29.8 Å². The lowest BCUT2D eigenvalue weighted by Crippen LogP contribution is -2.52. The molecule has 5 rings (SSSR count). The van der Waals surface area contributed by atoms with E-state index in [1.54, 1.807) is 10.4 Å². The van der Waals surface area contributed by atoms with Gasteiger partial charge >= 0.3 is 0 Å². The van der Waals surface area contributed by atoms with Gasteiger partial charge < -0.3 is 35.0 Å². The van der Waals surface area contributed by atoms with E-state index in [-0.39, 0.29) is 50.5 Å². The molecule has 10 nitrogen and oxygen atoms in total. The lowest BCUT2D eigenvalue weighted by molar-refractivity contribution is -0.141. The van der Waals surface area contributed by atoms with Gasteiger partial charge in [-0.25, -0.2) is 4.98 Å². The zero-order chi connectivity index (χ0) is 34.1. The van der Waals surface area contributed by atoms with Crippen LogP contribution in [0, 0.1) is 17.8 Å². The summed E-state index contributed by atoms with van der Waals surface area (Å²) in [5, 5.41) is 38.8. The number of aliphatic hydroxyl groups is 3. The van der Waals surface area contributed by atoms with E-state index in [9.17, 15) is 24.9 Å². The molecule has 1 aliphatic heterocycles. The Bertz CT molecular complexity index is 1310. The largest absolute Gasteiger partial charge is 0.454 e. The Hall–Kier alpha value is -2.73. The molecule has 4 N–H and O–H groups in total. The van der Waals surface area contributed by atoms with Crippen LogP contribution in [0.5, 0.6) is 11.5 Å². The third-order valence-electron chi connectivity index (χ3n) is 10.3. The van der Waals surface area contributed by atoms with E-state index >= 15 is 0 Å². The van der Waals surface area contributed by atoms with Gasteiger partial charge in [0.15, 0.2) is 11.5 Å². The van der Waals surface area contributed by atoms with Crippen LogP contribution in [0.4, 0.5) is 0 Å². The van der Waals surface area contributed by atoms with Crippen molar-refractivity contribution in [3.05, 3.63) is 40.3 Å². The number of ether oxygens (including phenoxy) is 2. The maximum atomic E-state index is 14.3. The molecule has 0 saturated heterocycles. The van der Waals surface area contributed by atoms with Crippen LogP contribution in [-0.4, -0.2) is 74.2 Å². The maximum absolute atomic E-state index is 14.3. The number of carbonyl (C=O) groups is 2. The molecule has 2 fully saturated rings. The third-order valence-corrected chi connectivity index (χ3v) is 11.0. The maximum Gasteiger partial charge on any atom is 0.231 e. The average molecular weight is 686 g/mol. The van der Waals surface area contributed by atoms with Crippen molar-refractivity contribution in [1.82, 2.24) is 15.2 Å². The van der Waals surface area contributed by atoms with Gasteiger partial charge in [-0.15, -0.1) is 11.3 Å². The number of nitrogens with zero attached hydrogens (tertiary/aromatic N) is 2. The molecule has 4 atom stereocenters. The third kappa shape index (κ3) is 10.4. The molecule has 2 saturated carbocycles. The number of fused-ring (bicyclic) bond motifs is 1. The summed E-state index contributed by atoms with van der Waals surface area (Å²) >= 11 is 1.44. The van der Waals surface area contributed by atoms with Gasteiger partial charge in [-0.3, -0.25) is 9.59 Å². The van der Waals surface area contributed by atoms with Gasteiger partial charge in [0.2, 0.25) is 18.6 Å². The Morgan fingerprint density at radius 3 is 2.50 bits per heavy atom. The van der Waals surface area contributed by atoms with Crippen LogP contribution in [0.1, 0.15) is 109 Å². The van der Waals surface area contributed by atoms with Crippen LogP contribution >= 0.6 is 11.3 Å². The van der Waals surface area contributed by atoms with Gasteiger partial charge in [0.1, 0.15) is 6.10 Å². The average Bonchev–Trinajstić information content (AvgIpc) is 3.76. The summed E-state index contributed by atoms with van der Waals surface area (Å²) in [5.41, 5.74) is 2.31. The first-order chi connectivity index (χ1) is 23.1. The molecule has 48 heavy (non-hydrogen) atoms. The van der Waals surface area contributed by atoms with Gasteiger partial charge in [0.25, 0.3) is 0 Å². The summed E-state index contributed by atoms with van der Waals surface area (Å²) in [5.74, 6) is 0.523. The van der Waals surface area contributed by atoms with Crippen molar-refractivity contribution >= 4 is 23.2 Å². The predicted octanol–water partition coefficient (Wildman–Crippen LogP) is 5.37. The lowest BCUT2D eigenvalue weighted by Gasteiger charge is -2.37. The summed E-state index contributed by atoms with van der Waals surface area (Å²) in [6, 6.07) is 4.97. The minimum Gasteiger partial charge on any atom is -0.454 e. The van der Waals surface area contributed by atoms with Crippen LogP contribution in [0.3, 0.4) is 0 Å². The van der Waals surface area contributed by atoms with Crippen molar-refractivity contribution in [2.24, 2.45) is 17.8 Å². The number of thiazole rings is 1. The number of benzene rings is 1. The van der Waals surface area contributed by atoms with Crippen molar-refractivity contribution in [3.63, 3.8) is 0 Å². The number of carbonyl (C=O) groups excluding carboxylic acids is 2. The second kappa shape index (κ2) is 17.3.